The minimum Gasteiger partial charge on any atom is -0.469 e. The van der Waals surface area contributed by atoms with Gasteiger partial charge in [-0.15, -0.1) is 11.8 Å². The summed E-state index contributed by atoms with van der Waals surface area (Å²) in [5, 5.41) is 7.13. The molecule has 1 aliphatic heterocycles. The van der Waals surface area contributed by atoms with Gasteiger partial charge in [-0.1, -0.05) is 32.1 Å². The van der Waals surface area contributed by atoms with Gasteiger partial charge in [0.1, 0.15) is 6.23 Å². The number of imidazole rings is 1. The number of esters is 1. The molecule has 0 radical (unpaired) electrons. The maximum absolute atomic E-state index is 11.2. The lowest BCUT2D eigenvalue weighted by atomic mass is 9.95. The van der Waals surface area contributed by atoms with E-state index in [1.807, 2.05) is 18.1 Å². The number of aromatic nitrogens is 4. The highest BCUT2D eigenvalue weighted by Gasteiger charge is 2.23. The Morgan fingerprint density at radius 3 is 2.60 bits per heavy atom. The van der Waals surface area contributed by atoms with E-state index in [4.69, 9.17) is 24.4 Å². The van der Waals surface area contributed by atoms with Gasteiger partial charge in [0.25, 0.3) is 0 Å². The van der Waals surface area contributed by atoms with E-state index < -0.39 is 0 Å². The number of rotatable bonds is 13. The second kappa shape index (κ2) is 14.7. The van der Waals surface area contributed by atoms with E-state index in [1.54, 1.807) is 0 Å². The van der Waals surface area contributed by atoms with Crippen molar-refractivity contribution in [1.82, 2.24) is 19.5 Å². The number of carbonyl (C=O) groups is 1. The third-order valence-electron chi connectivity index (χ3n) is 7.72. The molecule has 1 atom stereocenters. The largest absolute Gasteiger partial charge is 0.469 e. The molecule has 1 aliphatic carbocycles. The highest BCUT2D eigenvalue weighted by atomic mass is 32.2. The predicted molar refractivity (Wildman–Crippen MR) is 160 cm³/mol. The maximum Gasteiger partial charge on any atom is 0.305 e. The summed E-state index contributed by atoms with van der Waals surface area (Å²) in [4.78, 5) is 27.0. The molecule has 5 rings (SSSR count). The van der Waals surface area contributed by atoms with Gasteiger partial charge in [0.15, 0.2) is 17.0 Å². The van der Waals surface area contributed by atoms with E-state index in [2.05, 4.69) is 39.5 Å². The van der Waals surface area contributed by atoms with Crippen molar-refractivity contribution in [1.29, 1.82) is 0 Å². The predicted octanol–water partition coefficient (Wildman–Crippen LogP) is 7.23. The fourth-order valence-corrected chi connectivity index (χ4v) is 6.36. The highest BCUT2D eigenvalue weighted by Crippen LogP contribution is 2.31. The van der Waals surface area contributed by atoms with Crippen molar-refractivity contribution in [2.24, 2.45) is 0 Å². The van der Waals surface area contributed by atoms with Crippen LogP contribution in [0, 0.1) is 0 Å². The number of hydrogen-bond acceptors (Lipinski definition) is 9. The normalized spacial score (nSPS) is 18.1. The van der Waals surface area contributed by atoms with Crippen molar-refractivity contribution in [2.75, 3.05) is 30.1 Å². The Hall–Kier alpha value is -2.85. The molecule has 2 aliphatic rings. The molecule has 1 saturated carbocycles. The molecule has 2 aromatic heterocycles. The molecule has 1 saturated heterocycles. The van der Waals surface area contributed by atoms with Crippen LogP contribution in [0.4, 0.5) is 17.5 Å². The van der Waals surface area contributed by atoms with Gasteiger partial charge >= 0.3 is 5.97 Å². The number of nitrogens with one attached hydrogen (secondary N) is 2. The smallest absolute Gasteiger partial charge is 0.305 e. The standard InChI is InChI=1S/C30H42N6O3S/c1-38-26(37)14-7-2-3-10-20-40-24-17-15-23(16-18-24)33-30-34-28(32-22-11-5-4-6-12-22)27-29(35-30)36(21-31-27)25-13-8-9-19-39-25/h15-18,21-22,25H,2-14,19-20H2,1H3,(H2,32,33,34,35). The quantitative estimate of drug-likeness (QED) is 0.126. The average Bonchev–Trinajstić information content (AvgIpc) is 3.43. The summed E-state index contributed by atoms with van der Waals surface area (Å²) in [7, 11) is 1.45. The van der Waals surface area contributed by atoms with Gasteiger partial charge in [0.2, 0.25) is 5.95 Å². The van der Waals surface area contributed by atoms with Crippen LogP contribution in [-0.2, 0) is 14.3 Å². The van der Waals surface area contributed by atoms with E-state index in [-0.39, 0.29) is 12.2 Å². The Morgan fingerprint density at radius 2 is 1.82 bits per heavy atom. The monoisotopic (exact) mass is 566 g/mol. The molecule has 0 bridgehead atoms. The summed E-state index contributed by atoms with van der Waals surface area (Å²) < 4.78 is 12.8. The fraction of sp³-hybridized carbons (Fsp3) is 0.600. The zero-order valence-corrected chi connectivity index (χ0v) is 24.4. The SMILES string of the molecule is COC(=O)CCCCCCSc1ccc(Nc2nc(NC3CCCCC3)c3ncn(C4CCCCO4)c3n2)cc1. The molecule has 2 N–H and O–H groups in total. The van der Waals surface area contributed by atoms with Crippen molar-refractivity contribution in [3.05, 3.63) is 30.6 Å². The summed E-state index contributed by atoms with van der Waals surface area (Å²) in [5.41, 5.74) is 2.57. The molecule has 3 aromatic rings. The van der Waals surface area contributed by atoms with Crippen molar-refractivity contribution in [2.45, 2.75) is 101 Å². The van der Waals surface area contributed by atoms with Gasteiger partial charge in [-0.05, 0) is 75.0 Å². The lowest BCUT2D eigenvalue weighted by Crippen LogP contribution is -2.23. The molecule has 1 aromatic carbocycles. The molecule has 216 valence electrons. The van der Waals surface area contributed by atoms with Gasteiger partial charge in [-0.25, -0.2) is 4.98 Å². The van der Waals surface area contributed by atoms with E-state index >= 15 is 0 Å². The van der Waals surface area contributed by atoms with Gasteiger partial charge in [0, 0.05) is 29.7 Å². The first kappa shape index (κ1) is 28.7. The van der Waals surface area contributed by atoms with Gasteiger partial charge < -0.3 is 20.1 Å². The Bertz CT molecular complexity index is 1220. The zero-order valence-electron chi connectivity index (χ0n) is 23.6. The molecular weight excluding hydrogens is 524 g/mol. The highest BCUT2D eigenvalue weighted by molar-refractivity contribution is 7.99. The first-order valence-corrected chi connectivity index (χ1v) is 15.9. The number of nitrogens with zero attached hydrogens (tertiary/aromatic N) is 4. The molecule has 0 amide bonds. The maximum atomic E-state index is 11.2. The first-order chi connectivity index (χ1) is 19.7. The molecular formula is C30H42N6O3S. The van der Waals surface area contributed by atoms with E-state index in [0.717, 1.165) is 92.8 Å². The molecule has 2 fully saturated rings. The van der Waals surface area contributed by atoms with Crippen LogP contribution in [0.2, 0.25) is 0 Å². The second-order valence-corrected chi connectivity index (χ2v) is 11.9. The minimum absolute atomic E-state index is 0.0341. The van der Waals surface area contributed by atoms with Crippen LogP contribution in [0.1, 0.15) is 89.7 Å². The lowest BCUT2D eigenvalue weighted by Gasteiger charge is -2.25. The molecule has 9 nitrogen and oxygen atoms in total. The van der Waals surface area contributed by atoms with E-state index in [9.17, 15) is 4.79 Å². The Kier molecular flexibility index (Phi) is 10.5. The number of anilines is 3. The summed E-state index contributed by atoms with van der Waals surface area (Å²) in [6.07, 6.45) is 15.9. The van der Waals surface area contributed by atoms with Gasteiger partial charge in [-0.2, -0.15) is 9.97 Å². The summed E-state index contributed by atoms with van der Waals surface area (Å²) in [6.45, 7) is 0.771. The first-order valence-electron chi connectivity index (χ1n) is 14.9. The second-order valence-electron chi connectivity index (χ2n) is 10.8. The molecule has 3 heterocycles. The topological polar surface area (TPSA) is 103 Å². The van der Waals surface area contributed by atoms with Crippen LogP contribution in [0.15, 0.2) is 35.5 Å². The number of carbonyl (C=O) groups excluding carboxylic acids is 1. The molecule has 0 spiro atoms. The van der Waals surface area contributed by atoms with Crippen LogP contribution in [0.3, 0.4) is 0 Å². The van der Waals surface area contributed by atoms with Crippen LogP contribution in [0.5, 0.6) is 0 Å². The third kappa shape index (κ3) is 7.87. The summed E-state index contributed by atoms with van der Waals surface area (Å²) in [5.74, 6) is 2.31. The van der Waals surface area contributed by atoms with Crippen LogP contribution in [-0.4, -0.2) is 51.0 Å². The van der Waals surface area contributed by atoms with Crippen molar-refractivity contribution in [3.63, 3.8) is 0 Å². The Morgan fingerprint density at radius 1 is 1.02 bits per heavy atom. The third-order valence-corrected chi connectivity index (χ3v) is 8.81. The summed E-state index contributed by atoms with van der Waals surface area (Å²) >= 11 is 1.86. The number of methoxy groups -OCH3 is 1. The average molecular weight is 567 g/mol. The number of benzene rings is 1. The van der Waals surface area contributed by atoms with Crippen molar-refractivity contribution < 1.29 is 14.3 Å². The summed E-state index contributed by atoms with van der Waals surface area (Å²) in [6, 6.07) is 8.87. The lowest BCUT2D eigenvalue weighted by molar-refractivity contribution is -0.140. The molecule has 1 unspecified atom stereocenters. The molecule has 40 heavy (non-hydrogen) atoms. The number of ether oxygens (including phenoxy) is 2. The van der Waals surface area contributed by atoms with E-state index in [0.29, 0.717) is 18.4 Å². The number of thioether (sulfide) groups is 1. The van der Waals surface area contributed by atoms with Crippen molar-refractivity contribution >= 4 is 46.3 Å². The van der Waals surface area contributed by atoms with Crippen LogP contribution >= 0.6 is 11.8 Å². The van der Waals surface area contributed by atoms with Crippen LogP contribution < -0.4 is 10.6 Å². The Labute approximate surface area is 241 Å². The van der Waals surface area contributed by atoms with Crippen LogP contribution in [0.25, 0.3) is 11.2 Å². The number of unbranched alkanes of at least 4 members (excludes halogenated alkanes) is 3. The minimum atomic E-state index is -0.117. The van der Waals surface area contributed by atoms with E-state index in [1.165, 1.54) is 31.3 Å². The van der Waals surface area contributed by atoms with Gasteiger partial charge in [-0.3, -0.25) is 9.36 Å². The fourth-order valence-electron chi connectivity index (χ4n) is 5.45. The Balaban J connectivity index is 1.23. The molecule has 10 heteroatoms. The van der Waals surface area contributed by atoms with Crippen molar-refractivity contribution in [3.8, 4) is 0 Å². The van der Waals surface area contributed by atoms with Gasteiger partial charge in [0.05, 0.1) is 13.4 Å². The number of fused-ring (bicyclic) bond motifs is 1. The number of hydrogen-bond donors (Lipinski definition) is 2. The zero-order chi connectivity index (χ0) is 27.6.